The summed E-state index contributed by atoms with van der Waals surface area (Å²) in [6.45, 7) is 0.264. The molecular weight excluding hydrogens is 367 g/mol. The van der Waals surface area contributed by atoms with Gasteiger partial charge in [-0.3, -0.25) is 14.8 Å². The quantitative estimate of drug-likeness (QED) is 0.662. The number of nitrogens with zero attached hydrogens (tertiary/aromatic N) is 3. The molecule has 0 radical (unpaired) electrons. The molecule has 0 saturated heterocycles. The Labute approximate surface area is 152 Å². The number of aryl methyl sites for hydroxylation is 1. The van der Waals surface area contributed by atoms with E-state index >= 15 is 0 Å². The van der Waals surface area contributed by atoms with Crippen molar-refractivity contribution in [1.82, 2.24) is 14.7 Å². The highest BCUT2D eigenvalue weighted by molar-refractivity contribution is 6.04. The summed E-state index contributed by atoms with van der Waals surface area (Å²) in [6.07, 6.45) is 0.407. The maximum absolute atomic E-state index is 13.2. The number of nitrogens with one attached hydrogen (secondary N) is 2. The van der Waals surface area contributed by atoms with Crippen LogP contribution in [0.25, 0.3) is 0 Å². The number of urea groups is 1. The van der Waals surface area contributed by atoms with Gasteiger partial charge in [0.05, 0.1) is 0 Å². The van der Waals surface area contributed by atoms with Gasteiger partial charge >= 0.3 is 6.03 Å². The molecular formula is C16H18F3N5O3. The number of aliphatic hydroxyl groups is 1. The molecule has 2 aromatic rings. The Bertz CT molecular complexity index is 833. The van der Waals surface area contributed by atoms with Crippen LogP contribution in [0, 0.1) is 17.5 Å². The van der Waals surface area contributed by atoms with Gasteiger partial charge in [0, 0.05) is 51.1 Å². The second kappa shape index (κ2) is 8.54. The SMILES string of the molecule is CN(CCCO)C(=O)Nc1cc(C(=O)Nc2cc(F)c(F)c(F)c2)n(C)n1. The summed E-state index contributed by atoms with van der Waals surface area (Å²) in [6, 6.07) is 2.07. The van der Waals surface area contributed by atoms with Gasteiger partial charge in [0.1, 0.15) is 5.69 Å². The highest BCUT2D eigenvalue weighted by Crippen LogP contribution is 2.18. The molecule has 2 rings (SSSR count). The van der Waals surface area contributed by atoms with Crippen LogP contribution in [0.4, 0.5) is 29.5 Å². The van der Waals surface area contributed by atoms with Gasteiger partial charge in [-0.25, -0.2) is 18.0 Å². The zero-order chi connectivity index (χ0) is 20.1. The molecule has 146 valence electrons. The van der Waals surface area contributed by atoms with Crippen molar-refractivity contribution >= 4 is 23.4 Å². The monoisotopic (exact) mass is 385 g/mol. The van der Waals surface area contributed by atoms with Gasteiger partial charge in [-0.1, -0.05) is 0 Å². The van der Waals surface area contributed by atoms with E-state index in [1.807, 2.05) is 0 Å². The molecule has 3 N–H and O–H groups in total. The number of anilines is 2. The number of hydrogen-bond donors (Lipinski definition) is 3. The molecule has 0 fully saturated rings. The van der Waals surface area contributed by atoms with E-state index in [2.05, 4.69) is 15.7 Å². The van der Waals surface area contributed by atoms with Crippen molar-refractivity contribution < 1.29 is 27.9 Å². The number of aliphatic hydroxyl groups excluding tert-OH is 1. The first-order chi connectivity index (χ1) is 12.7. The first-order valence-electron chi connectivity index (χ1n) is 7.85. The average molecular weight is 385 g/mol. The van der Waals surface area contributed by atoms with Crippen LogP contribution in [0.1, 0.15) is 16.9 Å². The fourth-order valence-electron chi connectivity index (χ4n) is 2.18. The minimum Gasteiger partial charge on any atom is -0.396 e. The molecule has 0 aliphatic heterocycles. The molecule has 8 nitrogen and oxygen atoms in total. The fourth-order valence-corrected chi connectivity index (χ4v) is 2.18. The molecule has 3 amide bonds. The van der Waals surface area contributed by atoms with E-state index < -0.39 is 29.4 Å². The lowest BCUT2D eigenvalue weighted by atomic mass is 10.2. The van der Waals surface area contributed by atoms with E-state index in [0.29, 0.717) is 25.1 Å². The van der Waals surface area contributed by atoms with Crippen LogP contribution in [-0.4, -0.2) is 51.9 Å². The zero-order valence-electron chi connectivity index (χ0n) is 14.6. The van der Waals surface area contributed by atoms with E-state index in [1.54, 1.807) is 0 Å². The summed E-state index contributed by atoms with van der Waals surface area (Å²) < 4.78 is 40.6. The van der Waals surface area contributed by atoms with Crippen molar-refractivity contribution in [3.05, 3.63) is 41.3 Å². The van der Waals surface area contributed by atoms with E-state index in [9.17, 15) is 22.8 Å². The molecule has 0 unspecified atom stereocenters. The second-order valence-corrected chi connectivity index (χ2v) is 5.68. The Morgan fingerprint density at radius 1 is 1.19 bits per heavy atom. The number of rotatable bonds is 6. The van der Waals surface area contributed by atoms with Crippen LogP contribution in [0.15, 0.2) is 18.2 Å². The molecule has 0 aliphatic rings. The van der Waals surface area contributed by atoms with Crippen molar-refractivity contribution in [2.24, 2.45) is 7.05 Å². The Morgan fingerprint density at radius 3 is 2.41 bits per heavy atom. The average Bonchev–Trinajstić information content (AvgIpc) is 2.97. The van der Waals surface area contributed by atoms with Gasteiger partial charge in [-0.05, 0) is 6.42 Å². The molecule has 11 heteroatoms. The van der Waals surface area contributed by atoms with Crippen LogP contribution in [0.5, 0.6) is 0 Å². The predicted molar refractivity (Wildman–Crippen MR) is 90.8 cm³/mol. The number of hydrogen-bond acceptors (Lipinski definition) is 4. The number of amides is 3. The molecule has 1 heterocycles. The van der Waals surface area contributed by atoms with Crippen LogP contribution in [0.3, 0.4) is 0 Å². The minimum absolute atomic E-state index is 0.00606. The first-order valence-corrected chi connectivity index (χ1v) is 7.85. The minimum atomic E-state index is -1.64. The number of aromatic nitrogens is 2. The summed E-state index contributed by atoms with van der Waals surface area (Å²) >= 11 is 0. The second-order valence-electron chi connectivity index (χ2n) is 5.68. The third kappa shape index (κ3) is 4.97. The summed E-state index contributed by atoms with van der Waals surface area (Å²) in [5.41, 5.74) is -0.277. The van der Waals surface area contributed by atoms with E-state index in [-0.39, 0.29) is 23.8 Å². The van der Waals surface area contributed by atoms with E-state index in [0.717, 1.165) is 4.68 Å². The van der Waals surface area contributed by atoms with Gasteiger partial charge in [-0.15, -0.1) is 0 Å². The zero-order valence-corrected chi connectivity index (χ0v) is 14.6. The normalized spacial score (nSPS) is 10.6. The topological polar surface area (TPSA) is 99.5 Å². The summed E-state index contributed by atoms with van der Waals surface area (Å²) in [5.74, 6) is -5.18. The highest BCUT2D eigenvalue weighted by Gasteiger charge is 2.18. The predicted octanol–water partition coefficient (Wildman–Crippen LogP) is 1.94. The highest BCUT2D eigenvalue weighted by atomic mass is 19.2. The number of benzene rings is 1. The van der Waals surface area contributed by atoms with Crippen LogP contribution >= 0.6 is 0 Å². The molecule has 0 atom stereocenters. The summed E-state index contributed by atoms with van der Waals surface area (Å²) in [5, 5.41) is 17.4. The van der Waals surface area contributed by atoms with Crippen molar-refractivity contribution in [3.63, 3.8) is 0 Å². The van der Waals surface area contributed by atoms with Gasteiger partial charge in [0.15, 0.2) is 23.3 Å². The van der Waals surface area contributed by atoms with Crippen LogP contribution in [-0.2, 0) is 7.05 Å². The molecule has 27 heavy (non-hydrogen) atoms. The van der Waals surface area contributed by atoms with Crippen molar-refractivity contribution in [2.45, 2.75) is 6.42 Å². The molecule has 1 aromatic carbocycles. The van der Waals surface area contributed by atoms with Crippen molar-refractivity contribution in [3.8, 4) is 0 Å². The van der Waals surface area contributed by atoms with Crippen molar-refractivity contribution in [2.75, 3.05) is 30.8 Å². The lowest BCUT2D eigenvalue weighted by Crippen LogP contribution is -2.32. The number of carbonyl (C=O) groups is 2. The maximum Gasteiger partial charge on any atom is 0.322 e. The molecule has 0 saturated carbocycles. The van der Waals surface area contributed by atoms with Gasteiger partial charge in [-0.2, -0.15) is 5.10 Å². The smallest absolute Gasteiger partial charge is 0.322 e. The number of carbonyl (C=O) groups excluding carboxylic acids is 2. The lowest BCUT2D eigenvalue weighted by Gasteiger charge is -2.16. The standard InChI is InChI=1S/C16H18F3N5O3/c1-23(4-3-5-25)16(27)21-13-8-12(24(2)22-13)15(26)20-9-6-10(17)14(19)11(18)7-9/h6-8,25H,3-5H2,1-2H3,(H,20,26)(H,21,22,27). The number of halogens is 3. The third-order valence-electron chi connectivity index (χ3n) is 3.59. The Kier molecular flexibility index (Phi) is 6.40. The van der Waals surface area contributed by atoms with Gasteiger partial charge in [0.2, 0.25) is 0 Å². The van der Waals surface area contributed by atoms with E-state index in [1.165, 1.54) is 25.1 Å². The largest absolute Gasteiger partial charge is 0.396 e. The first kappa shape index (κ1) is 20.2. The third-order valence-corrected chi connectivity index (χ3v) is 3.59. The summed E-state index contributed by atoms with van der Waals surface area (Å²) in [4.78, 5) is 25.6. The molecule has 0 bridgehead atoms. The summed E-state index contributed by atoms with van der Waals surface area (Å²) in [7, 11) is 2.96. The fraction of sp³-hybridized carbons (Fsp3) is 0.312. The molecule has 0 spiro atoms. The van der Waals surface area contributed by atoms with Gasteiger partial charge < -0.3 is 15.3 Å². The Hall–Kier alpha value is -3.08. The van der Waals surface area contributed by atoms with Crippen LogP contribution in [0.2, 0.25) is 0 Å². The Morgan fingerprint density at radius 2 is 1.81 bits per heavy atom. The molecule has 0 aliphatic carbocycles. The Balaban J connectivity index is 2.09. The van der Waals surface area contributed by atoms with Crippen molar-refractivity contribution in [1.29, 1.82) is 0 Å². The van der Waals surface area contributed by atoms with E-state index in [4.69, 9.17) is 5.11 Å². The van der Waals surface area contributed by atoms with Gasteiger partial charge in [0.25, 0.3) is 5.91 Å². The molecule has 1 aromatic heterocycles. The lowest BCUT2D eigenvalue weighted by molar-refractivity contribution is 0.101. The van der Waals surface area contributed by atoms with Crippen LogP contribution < -0.4 is 10.6 Å². The maximum atomic E-state index is 13.2.